The molecule has 2 atom stereocenters. The maximum absolute atomic E-state index is 12.8. The lowest BCUT2D eigenvalue weighted by Gasteiger charge is -2.22. The van der Waals surface area contributed by atoms with E-state index in [4.69, 9.17) is 4.74 Å². The third-order valence-corrected chi connectivity index (χ3v) is 5.18. The van der Waals surface area contributed by atoms with Crippen molar-refractivity contribution < 1.29 is 23.9 Å². The van der Waals surface area contributed by atoms with Crippen LogP contribution in [-0.2, 0) is 31.2 Å². The molecule has 8 heteroatoms. The molecule has 0 unspecified atom stereocenters. The minimum absolute atomic E-state index is 0.295. The Bertz CT molecular complexity index is 990. The highest BCUT2D eigenvalue weighted by atomic mass is 16.5. The predicted molar refractivity (Wildman–Crippen MR) is 113 cm³/mol. The van der Waals surface area contributed by atoms with E-state index in [1.165, 1.54) is 6.92 Å². The number of esters is 1. The van der Waals surface area contributed by atoms with Gasteiger partial charge in [0.1, 0.15) is 12.1 Å². The molecule has 0 saturated carbocycles. The molecule has 2 aromatic rings. The number of amides is 4. The van der Waals surface area contributed by atoms with E-state index >= 15 is 0 Å². The first-order valence-corrected chi connectivity index (χ1v) is 9.93. The van der Waals surface area contributed by atoms with Crippen LogP contribution in [0.3, 0.4) is 0 Å². The molecule has 0 aromatic heterocycles. The SMILES string of the molecule is Cc1ccc(CNC(=O)[C@H](C)OC(=O)CN2C(=O)N[C@](C)(c3ccccc3)C2=O)cc1. The van der Waals surface area contributed by atoms with Gasteiger partial charge in [0.15, 0.2) is 6.10 Å². The van der Waals surface area contributed by atoms with Crippen molar-refractivity contribution in [3.05, 3.63) is 71.3 Å². The Morgan fingerprint density at radius 1 is 1.10 bits per heavy atom. The van der Waals surface area contributed by atoms with Gasteiger partial charge in [0.25, 0.3) is 11.8 Å². The molecule has 4 amide bonds. The molecule has 0 bridgehead atoms. The van der Waals surface area contributed by atoms with E-state index in [1.807, 2.05) is 31.2 Å². The molecule has 8 nitrogen and oxygen atoms in total. The lowest BCUT2D eigenvalue weighted by molar-refractivity contribution is -0.156. The van der Waals surface area contributed by atoms with Gasteiger partial charge in [-0.25, -0.2) is 4.79 Å². The number of imide groups is 1. The molecule has 1 fully saturated rings. The Hall–Kier alpha value is -3.68. The van der Waals surface area contributed by atoms with Crippen molar-refractivity contribution in [2.75, 3.05) is 6.54 Å². The number of hydrogen-bond acceptors (Lipinski definition) is 5. The summed E-state index contributed by atoms with van der Waals surface area (Å²) in [4.78, 5) is 50.5. The number of urea groups is 1. The second-order valence-corrected chi connectivity index (χ2v) is 7.65. The summed E-state index contributed by atoms with van der Waals surface area (Å²) in [5.41, 5.74) is 1.36. The first kappa shape index (κ1) is 22.0. The molecule has 1 aliphatic rings. The van der Waals surface area contributed by atoms with Crippen molar-refractivity contribution in [1.82, 2.24) is 15.5 Å². The van der Waals surface area contributed by atoms with E-state index in [-0.39, 0.29) is 0 Å². The van der Waals surface area contributed by atoms with Crippen molar-refractivity contribution in [2.45, 2.75) is 39.0 Å². The van der Waals surface area contributed by atoms with Crippen molar-refractivity contribution in [3.63, 3.8) is 0 Å². The molecule has 1 aliphatic heterocycles. The summed E-state index contributed by atoms with van der Waals surface area (Å²) in [6, 6.07) is 15.7. The van der Waals surface area contributed by atoms with E-state index in [2.05, 4.69) is 10.6 Å². The van der Waals surface area contributed by atoms with Crippen molar-refractivity contribution in [1.29, 1.82) is 0 Å². The zero-order chi connectivity index (χ0) is 22.6. The van der Waals surface area contributed by atoms with E-state index in [9.17, 15) is 19.2 Å². The maximum atomic E-state index is 12.8. The fraction of sp³-hybridized carbons (Fsp3) is 0.304. The van der Waals surface area contributed by atoms with Crippen LogP contribution < -0.4 is 10.6 Å². The molecule has 0 radical (unpaired) electrons. The zero-order valence-corrected chi connectivity index (χ0v) is 17.7. The van der Waals surface area contributed by atoms with Crippen LogP contribution in [0.5, 0.6) is 0 Å². The first-order valence-electron chi connectivity index (χ1n) is 9.93. The monoisotopic (exact) mass is 423 g/mol. The van der Waals surface area contributed by atoms with Crippen LogP contribution in [-0.4, -0.2) is 41.4 Å². The number of nitrogens with zero attached hydrogens (tertiary/aromatic N) is 1. The first-order chi connectivity index (χ1) is 14.7. The number of benzene rings is 2. The van der Waals surface area contributed by atoms with Crippen LogP contribution in [0, 0.1) is 6.92 Å². The molecule has 31 heavy (non-hydrogen) atoms. The largest absolute Gasteiger partial charge is 0.451 e. The van der Waals surface area contributed by atoms with Gasteiger partial charge in [-0.1, -0.05) is 60.2 Å². The van der Waals surface area contributed by atoms with E-state index in [0.29, 0.717) is 12.1 Å². The van der Waals surface area contributed by atoms with Crippen LogP contribution in [0.1, 0.15) is 30.5 Å². The van der Waals surface area contributed by atoms with E-state index in [0.717, 1.165) is 16.0 Å². The Morgan fingerprint density at radius 3 is 2.39 bits per heavy atom. The highest BCUT2D eigenvalue weighted by Gasteiger charge is 2.49. The van der Waals surface area contributed by atoms with Gasteiger partial charge in [-0.05, 0) is 31.9 Å². The zero-order valence-electron chi connectivity index (χ0n) is 17.7. The minimum atomic E-state index is -1.27. The van der Waals surface area contributed by atoms with E-state index < -0.39 is 42.0 Å². The molecule has 3 rings (SSSR count). The van der Waals surface area contributed by atoms with Crippen LogP contribution >= 0.6 is 0 Å². The highest BCUT2D eigenvalue weighted by Crippen LogP contribution is 2.28. The summed E-state index contributed by atoms with van der Waals surface area (Å²) in [5.74, 6) is -1.88. The van der Waals surface area contributed by atoms with Crippen molar-refractivity contribution in [2.24, 2.45) is 0 Å². The Balaban J connectivity index is 1.54. The van der Waals surface area contributed by atoms with Crippen molar-refractivity contribution >= 4 is 23.8 Å². The standard InChI is InChI=1S/C23H25N3O5/c1-15-9-11-17(12-10-15)13-24-20(28)16(2)31-19(27)14-26-21(29)23(3,25-22(26)30)18-7-5-4-6-8-18/h4-12,16H,13-14H2,1-3H3,(H,24,28)(H,25,30)/t16-,23+/m0/s1. The maximum Gasteiger partial charge on any atom is 0.327 e. The Morgan fingerprint density at radius 2 is 1.74 bits per heavy atom. The second-order valence-electron chi connectivity index (χ2n) is 7.65. The average molecular weight is 423 g/mol. The molecule has 0 aliphatic carbocycles. The van der Waals surface area contributed by atoms with E-state index in [1.54, 1.807) is 37.3 Å². The lowest BCUT2D eigenvalue weighted by Crippen LogP contribution is -2.42. The van der Waals surface area contributed by atoms with Gasteiger partial charge in [-0.2, -0.15) is 0 Å². The normalized spacial score (nSPS) is 19.0. The fourth-order valence-corrected chi connectivity index (χ4v) is 3.26. The number of ether oxygens (including phenoxy) is 1. The second kappa shape index (κ2) is 8.99. The van der Waals surface area contributed by atoms with Crippen molar-refractivity contribution in [3.8, 4) is 0 Å². The van der Waals surface area contributed by atoms with Crippen LogP contribution in [0.2, 0.25) is 0 Å². The number of carbonyl (C=O) groups excluding carboxylic acids is 4. The van der Waals surface area contributed by atoms with Gasteiger partial charge in [0, 0.05) is 6.54 Å². The van der Waals surface area contributed by atoms with Crippen LogP contribution in [0.4, 0.5) is 4.79 Å². The molecule has 0 spiro atoms. The molecule has 2 N–H and O–H groups in total. The summed E-state index contributed by atoms with van der Waals surface area (Å²) in [6.45, 7) is 4.70. The summed E-state index contributed by atoms with van der Waals surface area (Å²) >= 11 is 0. The quantitative estimate of drug-likeness (QED) is 0.524. The molecular weight excluding hydrogens is 398 g/mol. The van der Waals surface area contributed by atoms with Gasteiger partial charge in [0.05, 0.1) is 0 Å². The number of carbonyl (C=O) groups is 4. The molecular formula is C23H25N3O5. The van der Waals surface area contributed by atoms with Gasteiger partial charge < -0.3 is 15.4 Å². The lowest BCUT2D eigenvalue weighted by atomic mass is 9.92. The van der Waals surface area contributed by atoms with Crippen LogP contribution in [0.25, 0.3) is 0 Å². The number of rotatable bonds is 7. The topological polar surface area (TPSA) is 105 Å². The Labute approximate surface area is 180 Å². The van der Waals surface area contributed by atoms with Gasteiger partial charge in [0.2, 0.25) is 0 Å². The molecule has 1 heterocycles. The fourth-order valence-electron chi connectivity index (χ4n) is 3.26. The highest BCUT2D eigenvalue weighted by molar-refractivity contribution is 6.08. The number of hydrogen-bond donors (Lipinski definition) is 2. The summed E-state index contributed by atoms with van der Waals surface area (Å²) < 4.78 is 5.13. The molecule has 2 aromatic carbocycles. The third-order valence-electron chi connectivity index (χ3n) is 5.18. The Kier molecular flexibility index (Phi) is 6.39. The average Bonchev–Trinajstić information content (AvgIpc) is 2.97. The third kappa shape index (κ3) is 4.91. The summed E-state index contributed by atoms with van der Waals surface area (Å²) in [6.07, 6.45) is -1.07. The minimum Gasteiger partial charge on any atom is -0.451 e. The number of aryl methyl sites for hydroxylation is 1. The van der Waals surface area contributed by atoms with Gasteiger partial charge in [-0.15, -0.1) is 0 Å². The smallest absolute Gasteiger partial charge is 0.327 e. The van der Waals surface area contributed by atoms with Gasteiger partial charge >= 0.3 is 12.0 Å². The molecule has 162 valence electrons. The summed E-state index contributed by atoms with van der Waals surface area (Å²) in [5, 5.41) is 5.31. The molecule has 1 saturated heterocycles. The van der Waals surface area contributed by atoms with Gasteiger partial charge in [-0.3, -0.25) is 19.3 Å². The summed E-state index contributed by atoms with van der Waals surface area (Å²) in [7, 11) is 0. The van der Waals surface area contributed by atoms with Crippen LogP contribution in [0.15, 0.2) is 54.6 Å². The number of nitrogens with one attached hydrogen (secondary N) is 2. The predicted octanol–water partition coefficient (Wildman–Crippen LogP) is 2.01.